The normalized spacial score (nSPS) is 20.0. The summed E-state index contributed by atoms with van der Waals surface area (Å²) in [6, 6.07) is 18.5. The Morgan fingerprint density at radius 3 is 2.43 bits per heavy atom. The molecule has 1 aliphatic carbocycles. The summed E-state index contributed by atoms with van der Waals surface area (Å²) in [5.74, 6) is 0.555. The summed E-state index contributed by atoms with van der Waals surface area (Å²) in [6.07, 6.45) is 1.44. The van der Waals surface area contributed by atoms with Crippen LogP contribution in [0, 0.1) is 0 Å². The molecule has 0 heterocycles. The Hall–Kier alpha value is -2.13. The molecule has 2 aromatic carbocycles. The Balaban J connectivity index is 1.56. The molecule has 3 N–H and O–H groups in total. The summed E-state index contributed by atoms with van der Waals surface area (Å²) in [4.78, 5) is 12.2. The predicted molar refractivity (Wildman–Crippen MR) is 83.8 cm³/mol. The largest absolute Gasteiger partial charge is 0.352 e. The van der Waals surface area contributed by atoms with Crippen LogP contribution in [0.2, 0.25) is 0 Å². The molecule has 0 aromatic heterocycles. The minimum Gasteiger partial charge on any atom is -0.352 e. The first-order valence-corrected chi connectivity index (χ1v) is 7.39. The maximum absolute atomic E-state index is 12.2. The summed E-state index contributed by atoms with van der Waals surface area (Å²) in [5, 5.41) is 3.12. The van der Waals surface area contributed by atoms with E-state index in [1.807, 2.05) is 42.5 Å². The summed E-state index contributed by atoms with van der Waals surface area (Å²) < 4.78 is 0. The van der Waals surface area contributed by atoms with E-state index in [4.69, 9.17) is 5.73 Å². The van der Waals surface area contributed by atoms with Crippen molar-refractivity contribution in [3.05, 3.63) is 71.3 Å². The number of amides is 1. The fourth-order valence-corrected chi connectivity index (χ4v) is 2.78. The SMILES string of the molecule is NCc1ccccc1CC(=O)NC1CC1c1ccccc1. The van der Waals surface area contributed by atoms with E-state index in [0.29, 0.717) is 18.9 Å². The maximum Gasteiger partial charge on any atom is 0.224 e. The van der Waals surface area contributed by atoms with E-state index in [1.165, 1.54) is 5.56 Å². The van der Waals surface area contributed by atoms with Crippen molar-refractivity contribution in [2.75, 3.05) is 0 Å². The van der Waals surface area contributed by atoms with E-state index in [9.17, 15) is 4.79 Å². The minimum atomic E-state index is 0.0827. The minimum absolute atomic E-state index is 0.0827. The van der Waals surface area contributed by atoms with Crippen LogP contribution in [0.25, 0.3) is 0 Å². The Kier molecular flexibility index (Phi) is 4.02. The molecule has 2 atom stereocenters. The van der Waals surface area contributed by atoms with Gasteiger partial charge < -0.3 is 11.1 Å². The Bertz CT molecular complexity index is 624. The van der Waals surface area contributed by atoms with Gasteiger partial charge in [-0.1, -0.05) is 54.6 Å². The second kappa shape index (κ2) is 6.10. The molecular weight excluding hydrogens is 260 g/mol. The summed E-state index contributed by atoms with van der Waals surface area (Å²) >= 11 is 0. The summed E-state index contributed by atoms with van der Waals surface area (Å²) in [5.41, 5.74) is 9.08. The zero-order chi connectivity index (χ0) is 14.7. The van der Waals surface area contributed by atoms with Gasteiger partial charge in [0.05, 0.1) is 6.42 Å². The third-order valence-electron chi connectivity index (χ3n) is 4.05. The number of carbonyl (C=O) groups excluding carboxylic acids is 1. The highest BCUT2D eigenvalue weighted by Gasteiger charge is 2.39. The highest BCUT2D eigenvalue weighted by Crippen LogP contribution is 2.40. The van der Waals surface area contributed by atoms with Crippen LogP contribution in [0.5, 0.6) is 0 Å². The lowest BCUT2D eigenvalue weighted by Crippen LogP contribution is -2.28. The van der Waals surface area contributed by atoms with Gasteiger partial charge in [0.15, 0.2) is 0 Å². The van der Waals surface area contributed by atoms with Gasteiger partial charge >= 0.3 is 0 Å². The van der Waals surface area contributed by atoms with Crippen molar-refractivity contribution in [3.8, 4) is 0 Å². The van der Waals surface area contributed by atoms with Gasteiger partial charge in [0.25, 0.3) is 0 Å². The van der Waals surface area contributed by atoms with Crippen LogP contribution in [-0.2, 0) is 17.8 Å². The van der Waals surface area contributed by atoms with Gasteiger partial charge in [0.2, 0.25) is 5.91 Å². The van der Waals surface area contributed by atoms with E-state index in [0.717, 1.165) is 17.5 Å². The van der Waals surface area contributed by atoms with E-state index in [-0.39, 0.29) is 11.9 Å². The van der Waals surface area contributed by atoms with Crippen molar-refractivity contribution in [2.45, 2.75) is 31.3 Å². The number of hydrogen-bond acceptors (Lipinski definition) is 2. The molecule has 0 saturated heterocycles. The molecule has 0 spiro atoms. The fourth-order valence-electron chi connectivity index (χ4n) is 2.78. The van der Waals surface area contributed by atoms with Gasteiger partial charge in [0, 0.05) is 18.5 Å². The van der Waals surface area contributed by atoms with E-state index in [1.54, 1.807) is 0 Å². The van der Waals surface area contributed by atoms with E-state index in [2.05, 4.69) is 17.4 Å². The molecule has 3 heteroatoms. The molecule has 3 rings (SSSR count). The van der Waals surface area contributed by atoms with Crippen LogP contribution in [0.3, 0.4) is 0 Å². The lowest BCUT2D eigenvalue weighted by molar-refractivity contribution is -0.120. The molecular formula is C18H20N2O. The van der Waals surface area contributed by atoms with Gasteiger partial charge in [0.1, 0.15) is 0 Å². The number of benzene rings is 2. The lowest BCUT2D eigenvalue weighted by Gasteiger charge is -2.08. The first-order chi connectivity index (χ1) is 10.3. The van der Waals surface area contributed by atoms with Gasteiger partial charge in [-0.3, -0.25) is 4.79 Å². The average molecular weight is 280 g/mol. The van der Waals surface area contributed by atoms with Crippen LogP contribution in [0.15, 0.2) is 54.6 Å². The average Bonchev–Trinajstić information content (AvgIpc) is 3.27. The van der Waals surface area contributed by atoms with Gasteiger partial charge in [-0.05, 0) is 23.1 Å². The van der Waals surface area contributed by atoms with Gasteiger partial charge in [-0.2, -0.15) is 0 Å². The first kappa shape index (κ1) is 13.8. The number of rotatable bonds is 5. The number of carbonyl (C=O) groups is 1. The van der Waals surface area contributed by atoms with E-state index < -0.39 is 0 Å². The van der Waals surface area contributed by atoms with Crippen molar-refractivity contribution in [3.63, 3.8) is 0 Å². The van der Waals surface area contributed by atoms with E-state index >= 15 is 0 Å². The second-order valence-electron chi connectivity index (χ2n) is 5.58. The molecule has 108 valence electrons. The lowest BCUT2D eigenvalue weighted by atomic mass is 10.0. The smallest absolute Gasteiger partial charge is 0.224 e. The van der Waals surface area contributed by atoms with Crippen LogP contribution in [-0.4, -0.2) is 11.9 Å². The third kappa shape index (κ3) is 3.31. The molecule has 2 unspecified atom stereocenters. The van der Waals surface area contributed by atoms with Crippen LogP contribution in [0.1, 0.15) is 29.0 Å². The molecule has 0 bridgehead atoms. The molecule has 1 fully saturated rings. The molecule has 1 amide bonds. The highest BCUT2D eigenvalue weighted by atomic mass is 16.1. The Morgan fingerprint density at radius 1 is 1.05 bits per heavy atom. The Labute approximate surface area is 125 Å². The predicted octanol–water partition coefficient (Wildman–Crippen LogP) is 2.36. The van der Waals surface area contributed by atoms with Crippen molar-refractivity contribution in [2.24, 2.45) is 5.73 Å². The molecule has 3 nitrogen and oxygen atoms in total. The molecule has 1 aliphatic rings. The summed E-state index contributed by atoms with van der Waals surface area (Å²) in [6.45, 7) is 0.472. The van der Waals surface area contributed by atoms with Crippen molar-refractivity contribution >= 4 is 5.91 Å². The van der Waals surface area contributed by atoms with Crippen LogP contribution < -0.4 is 11.1 Å². The second-order valence-corrected chi connectivity index (χ2v) is 5.58. The Morgan fingerprint density at radius 2 is 1.71 bits per heavy atom. The monoisotopic (exact) mass is 280 g/mol. The first-order valence-electron chi connectivity index (χ1n) is 7.39. The number of hydrogen-bond donors (Lipinski definition) is 2. The highest BCUT2D eigenvalue weighted by molar-refractivity contribution is 5.79. The van der Waals surface area contributed by atoms with Gasteiger partial charge in [-0.25, -0.2) is 0 Å². The molecule has 21 heavy (non-hydrogen) atoms. The molecule has 2 aromatic rings. The van der Waals surface area contributed by atoms with Gasteiger partial charge in [-0.15, -0.1) is 0 Å². The molecule has 0 radical (unpaired) electrons. The maximum atomic E-state index is 12.2. The van der Waals surface area contributed by atoms with Crippen molar-refractivity contribution < 1.29 is 4.79 Å². The topological polar surface area (TPSA) is 55.1 Å². The number of nitrogens with one attached hydrogen (secondary N) is 1. The third-order valence-corrected chi connectivity index (χ3v) is 4.05. The molecule has 1 saturated carbocycles. The zero-order valence-corrected chi connectivity index (χ0v) is 12.0. The fraction of sp³-hybridized carbons (Fsp3) is 0.278. The standard InChI is InChI=1S/C18H20N2O/c19-12-15-9-5-4-8-14(15)10-18(21)20-17-11-16(17)13-6-2-1-3-7-13/h1-9,16-17H,10-12,19H2,(H,20,21). The summed E-state index contributed by atoms with van der Waals surface area (Å²) in [7, 11) is 0. The van der Waals surface area contributed by atoms with Crippen LogP contribution in [0.4, 0.5) is 0 Å². The van der Waals surface area contributed by atoms with Crippen molar-refractivity contribution in [1.82, 2.24) is 5.32 Å². The molecule has 0 aliphatic heterocycles. The quantitative estimate of drug-likeness (QED) is 0.883. The van der Waals surface area contributed by atoms with Crippen LogP contribution >= 0.6 is 0 Å². The zero-order valence-electron chi connectivity index (χ0n) is 12.0. The van der Waals surface area contributed by atoms with Crippen molar-refractivity contribution in [1.29, 1.82) is 0 Å². The number of nitrogens with two attached hydrogens (primary N) is 1.